The fraction of sp³-hybridized carbons (Fsp3) is 0.400. The van der Waals surface area contributed by atoms with Crippen molar-refractivity contribution in [2.45, 2.75) is 26.4 Å². The molecule has 0 bridgehead atoms. The molecule has 0 aromatic heterocycles. The van der Waals surface area contributed by atoms with Crippen molar-refractivity contribution in [3.63, 3.8) is 0 Å². The summed E-state index contributed by atoms with van der Waals surface area (Å²) in [4.78, 5) is 0. The van der Waals surface area contributed by atoms with Gasteiger partial charge in [0.15, 0.2) is 0 Å². The molecule has 2 nitrogen and oxygen atoms in total. The molecule has 1 aromatic carbocycles. The van der Waals surface area contributed by atoms with Gasteiger partial charge in [-0.15, -0.1) is 0 Å². The van der Waals surface area contributed by atoms with E-state index in [0.717, 1.165) is 5.56 Å². The predicted molar refractivity (Wildman–Crippen MR) is 53.1 cm³/mol. The monoisotopic (exact) mass is 182 g/mol. The predicted octanol–water partition coefficient (Wildman–Crippen LogP) is 2.10. The topological polar surface area (TPSA) is 38.0 Å². The van der Waals surface area contributed by atoms with Crippen LogP contribution in [0.15, 0.2) is 18.2 Å². The number of benzene rings is 1. The Kier molecular flexibility index (Phi) is 3.25. The Balaban J connectivity index is 2.85. The van der Waals surface area contributed by atoms with Crippen molar-refractivity contribution in [2.24, 2.45) is 5.73 Å². The second-order valence-corrected chi connectivity index (χ2v) is 3.32. The lowest BCUT2D eigenvalue weighted by atomic mass is 10.2. The van der Waals surface area contributed by atoms with Crippen LogP contribution in [0.2, 0.25) is 0 Å². The number of hydrogen-bond acceptors (Lipinski definition) is 2. The van der Waals surface area contributed by atoms with Crippen molar-refractivity contribution in [3.8, 4) is 0 Å². The van der Waals surface area contributed by atoms with Crippen LogP contribution in [0.4, 0.5) is 10.1 Å². The molecule has 1 aromatic rings. The van der Waals surface area contributed by atoms with Gasteiger partial charge < -0.3 is 11.1 Å². The van der Waals surface area contributed by atoms with E-state index in [1.807, 2.05) is 19.9 Å². The van der Waals surface area contributed by atoms with E-state index in [0.29, 0.717) is 12.2 Å². The van der Waals surface area contributed by atoms with E-state index in [2.05, 4.69) is 5.32 Å². The summed E-state index contributed by atoms with van der Waals surface area (Å²) < 4.78 is 13.3. The van der Waals surface area contributed by atoms with Crippen molar-refractivity contribution >= 4 is 5.69 Å². The van der Waals surface area contributed by atoms with Crippen LogP contribution in [0.1, 0.15) is 19.4 Å². The molecule has 0 fully saturated rings. The van der Waals surface area contributed by atoms with E-state index >= 15 is 0 Å². The van der Waals surface area contributed by atoms with E-state index in [9.17, 15) is 4.39 Å². The molecule has 0 radical (unpaired) electrons. The van der Waals surface area contributed by atoms with Gasteiger partial charge in [0, 0.05) is 12.6 Å². The summed E-state index contributed by atoms with van der Waals surface area (Å²) in [6.45, 7) is 4.31. The SMILES string of the molecule is CC(C)Nc1ccc(CN)cc1F. The summed E-state index contributed by atoms with van der Waals surface area (Å²) in [5.41, 5.74) is 6.73. The fourth-order valence-electron chi connectivity index (χ4n) is 1.11. The lowest BCUT2D eigenvalue weighted by Gasteiger charge is -2.11. The zero-order chi connectivity index (χ0) is 9.84. The van der Waals surface area contributed by atoms with Gasteiger partial charge >= 0.3 is 0 Å². The molecule has 0 aliphatic carbocycles. The molecular formula is C10H15FN2. The van der Waals surface area contributed by atoms with Gasteiger partial charge in [0.05, 0.1) is 5.69 Å². The first-order valence-electron chi connectivity index (χ1n) is 4.38. The molecule has 0 saturated heterocycles. The Morgan fingerprint density at radius 1 is 1.46 bits per heavy atom. The van der Waals surface area contributed by atoms with Crippen molar-refractivity contribution < 1.29 is 4.39 Å². The molecule has 13 heavy (non-hydrogen) atoms. The summed E-state index contributed by atoms with van der Waals surface area (Å²) >= 11 is 0. The summed E-state index contributed by atoms with van der Waals surface area (Å²) in [5, 5.41) is 3.01. The second-order valence-electron chi connectivity index (χ2n) is 3.32. The van der Waals surface area contributed by atoms with Crippen LogP contribution in [0, 0.1) is 5.82 Å². The minimum absolute atomic E-state index is 0.234. The van der Waals surface area contributed by atoms with Crippen LogP contribution in [0.3, 0.4) is 0 Å². The largest absolute Gasteiger partial charge is 0.381 e. The second kappa shape index (κ2) is 4.23. The third-order valence-electron chi connectivity index (χ3n) is 1.71. The maximum atomic E-state index is 13.3. The van der Waals surface area contributed by atoms with Crippen molar-refractivity contribution in [2.75, 3.05) is 5.32 Å². The van der Waals surface area contributed by atoms with E-state index in [1.54, 1.807) is 6.07 Å². The third kappa shape index (κ3) is 2.70. The smallest absolute Gasteiger partial charge is 0.146 e. The van der Waals surface area contributed by atoms with Crippen molar-refractivity contribution in [1.82, 2.24) is 0 Å². The highest BCUT2D eigenvalue weighted by Gasteiger charge is 2.03. The van der Waals surface area contributed by atoms with Gasteiger partial charge in [-0.25, -0.2) is 4.39 Å². The highest BCUT2D eigenvalue weighted by molar-refractivity contribution is 5.46. The van der Waals surface area contributed by atoms with Crippen LogP contribution in [0.25, 0.3) is 0 Å². The molecule has 3 heteroatoms. The molecule has 0 unspecified atom stereocenters. The molecule has 72 valence electrons. The lowest BCUT2D eigenvalue weighted by molar-refractivity contribution is 0.625. The number of anilines is 1. The molecule has 0 heterocycles. The number of nitrogens with one attached hydrogen (secondary N) is 1. The zero-order valence-corrected chi connectivity index (χ0v) is 7.97. The normalized spacial score (nSPS) is 10.5. The van der Waals surface area contributed by atoms with Crippen molar-refractivity contribution in [1.29, 1.82) is 0 Å². The first-order chi connectivity index (χ1) is 6.13. The highest BCUT2D eigenvalue weighted by atomic mass is 19.1. The Bertz CT molecular complexity index is 284. The number of nitrogens with two attached hydrogens (primary N) is 1. The van der Waals surface area contributed by atoms with E-state index in [-0.39, 0.29) is 11.9 Å². The Hall–Kier alpha value is -1.09. The standard InChI is InChI=1S/C10H15FN2/c1-7(2)13-10-4-3-8(6-12)5-9(10)11/h3-5,7,13H,6,12H2,1-2H3. The average molecular weight is 182 g/mol. The Morgan fingerprint density at radius 3 is 2.62 bits per heavy atom. The van der Waals surface area contributed by atoms with Crippen LogP contribution in [0.5, 0.6) is 0 Å². The van der Waals surface area contributed by atoms with E-state index in [4.69, 9.17) is 5.73 Å². The van der Waals surface area contributed by atoms with Crippen LogP contribution in [-0.4, -0.2) is 6.04 Å². The highest BCUT2D eigenvalue weighted by Crippen LogP contribution is 2.16. The number of hydrogen-bond donors (Lipinski definition) is 2. The van der Waals surface area contributed by atoms with Gasteiger partial charge in [-0.2, -0.15) is 0 Å². The van der Waals surface area contributed by atoms with Crippen LogP contribution >= 0.6 is 0 Å². The number of halogens is 1. The number of rotatable bonds is 3. The van der Waals surface area contributed by atoms with Crippen LogP contribution in [-0.2, 0) is 6.54 Å². The molecule has 0 atom stereocenters. The molecule has 0 spiro atoms. The molecular weight excluding hydrogens is 167 g/mol. The Labute approximate surface area is 77.9 Å². The fourth-order valence-corrected chi connectivity index (χ4v) is 1.11. The molecule has 0 amide bonds. The van der Waals surface area contributed by atoms with Gasteiger partial charge in [-0.1, -0.05) is 6.07 Å². The molecule has 0 aliphatic heterocycles. The zero-order valence-electron chi connectivity index (χ0n) is 7.97. The van der Waals surface area contributed by atoms with Crippen LogP contribution < -0.4 is 11.1 Å². The minimum Gasteiger partial charge on any atom is -0.381 e. The summed E-state index contributed by atoms with van der Waals surface area (Å²) in [6.07, 6.45) is 0. The van der Waals surface area contributed by atoms with Gasteiger partial charge in [0.2, 0.25) is 0 Å². The van der Waals surface area contributed by atoms with Crippen molar-refractivity contribution in [3.05, 3.63) is 29.6 Å². The third-order valence-corrected chi connectivity index (χ3v) is 1.71. The summed E-state index contributed by atoms with van der Waals surface area (Å²) in [6, 6.07) is 5.24. The average Bonchev–Trinajstić information content (AvgIpc) is 2.08. The molecule has 3 N–H and O–H groups in total. The van der Waals surface area contributed by atoms with Gasteiger partial charge in [0.25, 0.3) is 0 Å². The summed E-state index contributed by atoms with van der Waals surface area (Å²) in [5.74, 6) is -0.239. The molecule has 0 saturated carbocycles. The van der Waals surface area contributed by atoms with Gasteiger partial charge in [-0.05, 0) is 31.5 Å². The van der Waals surface area contributed by atoms with E-state index in [1.165, 1.54) is 6.07 Å². The minimum atomic E-state index is -0.239. The maximum Gasteiger partial charge on any atom is 0.146 e. The van der Waals surface area contributed by atoms with Gasteiger partial charge in [-0.3, -0.25) is 0 Å². The first-order valence-corrected chi connectivity index (χ1v) is 4.38. The lowest BCUT2D eigenvalue weighted by Crippen LogP contribution is -2.11. The molecule has 0 aliphatic rings. The maximum absolute atomic E-state index is 13.3. The van der Waals surface area contributed by atoms with Gasteiger partial charge in [0.1, 0.15) is 5.82 Å². The Morgan fingerprint density at radius 2 is 2.15 bits per heavy atom. The quantitative estimate of drug-likeness (QED) is 0.751. The summed E-state index contributed by atoms with van der Waals surface area (Å²) in [7, 11) is 0. The first kappa shape index (κ1) is 9.99. The van der Waals surface area contributed by atoms with E-state index < -0.39 is 0 Å². The molecule has 1 rings (SSSR count).